The lowest BCUT2D eigenvalue weighted by Gasteiger charge is -2.36. The molecule has 0 aliphatic heterocycles. The van der Waals surface area contributed by atoms with Gasteiger partial charge < -0.3 is 4.74 Å². The highest BCUT2D eigenvalue weighted by Crippen LogP contribution is 2.55. The minimum Gasteiger partial charge on any atom is -0.497 e. The molecule has 0 spiro atoms. The SMILES string of the molecule is COc1ccc2c(c1)CC1(Cc3ccc(Cl)cc3)CCC(=O)C(C)=C21. The topological polar surface area (TPSA) is 26.3 Å². The number of ketones is 1. The van der Waals surface area contributed by atoms with Crippen molar-refractivity contribution < 1.29 is 9.53 Å². The van der Waals surface area contributed by atoms with Crippen LogP contribution in [-0.4, -0.2) is 12.9 Å². The molecule has 1 unspecified atom stereocenters. The van der Waals surface area contributed by atoms with Gasteiger partial charge in [-0.25, -0.2) is 0 Å². The third kappa shape index (κ3) is 2.69. The summed E-state index contributed by atoms with van der Waals surface area (Å²) in [5.74, 6) is 1.16. The van der Waals surface area contributed by atoms with Gasteiger partial charge in [0, 0.05) is 16.9 Å². The van der Waals surface area contributed by atoms with Gasteiger partial charge in [0.1, 0.15) is 5.75 Å². The van der Waals surface area contributed by atoms with Crippen LogP contribution >= 0.6 is 11.6 Å². The standard InChI is InChI=1S/C22H21ClO2/c1-14-20(24)9-10-22(12-15-3-5-17(23)6-4-15)13-16-11-18(25-2)7-8-19(16)21(14)22/h3-8,11H,9-10,12-13H2,1-2H3. The predicted molar refractivity (Wildman–Crippen MR) is 101 cm³/mol. The van der Waals surface area contributed by atoms with Crippen LogP contribution in [0.3, 0.4) is 0 Å². The maximum atomic E-state index is 12.4. The Morgan fingerprint density at radius 3 is 2.64 bits per heavy atom. The van der Waals surface area contributed by atoms with Crippen molar-refractivity contribution in [3.05, 3.63) is 69.8 Å². The molecule has 0 amide bonds. The third-order valence-electron chi connectivity index (χ3n) is 5.72. The van der Waals surface area contributed by atoms with Crippen molar-refractivity contribution in [2.75, 3.05) is 7.11 Å². The fraction of sp³-hybridized carbons (Fsp3) is 0.318. The quantitative estimate of drug-likeness (QED) is 0.752. The van der Waals surface area contributed by atoms with E-state index >= 15 is 0 Å². The number of rotatable bonds is 3. The van der Waals surface area contributed by atoms with E-state index in [0.717, 1.165) is 35.6 Å². The van der Waals surface area contributed by atoms with E-state index in [2.05, 4.69) is 24.3 Å². The van der Waals surface area contributed by atoms with E-state index in [1.165, 1.54) is 22.3 Å². The lowest BCUT2D eigenvalue weighted by molar-refractivity contribution is -0.116. The number of Topliss-reactive ketones (excluding diaryl/α,β-unsaturated/α-hetero) is 1. The van der Waals surface area contributed by atoms with Crippen LogP contribution in [0.1, 0.15) is 36.5 Å². The van der Waals surface area contributed by atoms with E-state index < -0.39 is 0 Å². The first-order valence-electron chi connectivity index (χ1n) is 8.69. The fourth-order valence-corrected chi connectivity index (χ4v) is 4.68. The summed E-state index contributed by atoms with van der Waals surface area (Å²) >= 11 is 6.04. The molecule has 2 aliphatic carbocycles. The van der Waals surface area contributed by atoms with Gasteiger partial charge in [0.05, 0.1) is 7.11 Å². The minimum atomic E-state index is 0.000517. The zero-order valence-corrected chi connectivity index (χ0v) is 15.3. The van der Waals surface area contributed by atoms with Crippen molar-refractivity contribution in [1.82, 2.24) is 0 Å². The van der Waals surface area contributed by atoms with E-state index in [1.54, 1.807) is 7.11 Å². The average molecular weight is 353 g/mol. The van der Waals surface area contributed by atoms with Gasteiger partial charge in [0.2, 0.25) is 0 Å². The van der Waals surface area contributed by atoms with Crippen molar-refractivity contribution in [3.63, 3.8) is 0 Å². The van der Waals surface area contributed by atoms with Crippen LogP contribution in [0.25, 0.3) is 5.57 Å². The summed E-state index contributed by atoms with van der Waals surface area (Å²) < 4.78 is 5.41. The Kier molecular flexibility index (Phi) is 3.96. The molecule has 2 nitrogen and oxygen atoms in total. The maximum Gasteiger partial charge on any atom is 0.158 e. The van der Waals surface area contributed by atoms with E-state index in [0.29, 0.717) is 6.42 Å². The number of hydrogen-bond donors (Lipinski definition) is 0. The molecule has 2 aromatic carbocycles. The highest BCUT2D eigenvalue weighted by atomic mass is 35.5. The van der Waals surface area contributed by atoms with Crippen LogP contribution in [-0.2, 0) is 17.6 Å². The van der Waals surface area contributed by atoms with Gasteiger partial charge in [0.15, 0.2) is 5.78 Å². The van der Waals surface area contributed by atoms with Gasteiger partial charge in [-0.15, -0.1) is 0 Å². The molecule has 0 fully saturated rings. The first-order valence-corrected chi connectivity index (χ1v) is 9.06. The van der Waals surface area contributed by atoms with Crippen LogP contribution in [0, 0.1) is 5.41 Å². The fourth-order valence-electron chi connectivity index (χ4n) is 4.55. The van der Waals surface area contributed by atoms with Crippen LogP contribution in [0.4, 0.5) is 0 Å². The van der Waals surface area contributed by atoms with Crippen molar-refractivity contribution in [3.8, 4) is 5.75 Å². The number of fused-ring (bicyclic) bond motifs is 3. The molecule has 0 saturated heterocycles. The molecule has 25 heavy (non-hydrogen) atoms. The summed E-state index contributed by atoms with van der Waals surface area (Å²) in [5.41, 5.74) is 5.96. The second-order valence-corrected chi connectivity index (χ2v) is 7.64. The molecule has 0 N–H and O–H groups in total. The van der Waals surface area contributed by atoms with Gasteiger partial charge in [0.25, 0.3) is 0 Å². The number of benzene rings is 2. The molecule has 2 aromatic rings. The molecule has 0 aromatic heterocycles. The van der Waals surface area contributed by atoms with Gasteiger partial charge >= 0.3 is 0 Å². The highest BCUT2D eigenvalue weighted by Gasteiger charge is 2.46. The van der Waals surface area contributed by atoms with E-state index in [1.807, 2.05) is 25.1 Å². The van der Waals surface area contributed by atoms with Crippen molar-refractivity contribution >= 4 is 23.0 Å². The molecular weight excluding hydrogens is 332 g/mol. The first-order chi connectivity index (χ1) is 12.0. The lowest BCUT2D eigenvalue weighted by Crippen LogP contribution is -2.30. The second kappa shape index (κ2) is 6.03. The zero-order chi connectivity index (χ0) is 17.6. The first kappa shape index (κ1) is 16.4. The summed E-state index contributed by atoms with van der Waals surface area (Å²) in [4.78, 5) is 12.4. The molecule has 3 heteroatoms. The number of ether oxygens (including phenoxy) is 1. The second-order valence-electron chi connectivity index (χ2n) is 7.21. The molecule has 1 atom stereocenters. The number of methoxy groups -OCH3 is 1. The van der Waals surface area contributed by atoms with Gasteiger partial charge in [-0.3, -0.25) is 4.79 Å². The smallest absolute Gasteiger partial charge is 0.158 e. The summed E-state index contributed by atoms with van der Waals surface area (Å²) in [5, 5.41) is 0.756. The number of carbonyl (C=O) groups excluding carboxylic acids is 1. The van der Waals surface area contributed by atoms with Gasteiger partial charge in [-0.1, -0.05) is 29.8 Å². The summed E-state index contributed by atoms with van der Waals surface area (Å²) in [7, 11) is 1.70. The third-order valence-corrected chi connectivity index (χ3v) is 5.97. The summed E-state index contributed by atoms with van der Waals surface area (Å²) in [6, 6.07) is 14.3. The van der Waals surface area contributed by atoms with Crippen molar-refractivity contribution in [2.24, 2.45) is 5.41 Å². The Bertz CT molecular complexity index is 879. The highest BCUT2D eigenvalue weighted by molar-refractivity contribution is 6.30. The molecule has 0 heterocycles. The summed E-state index contributed by atoms with van der Waals surface area (Å²) in [6.07, 6.45) is 3.43. The molecule has 0 saturated carbocycles. The minimum absolute atomic E-state index is 0.000517. The normalized spacial score (nSPS) is 22.0. The zero-order valence-electron chi connectivity index (χ0n) is 14.6. The Balaban J connectivity index is 1.83. The maximum absolute atomic E-state index is 12.4. The Labute approximate surface area is 153 Å². The lowest BCUT2D eigenvalue weighted by atomic mass is 9.67. The van der Waals surface area contributed by atoms with Crippen molar-refractivity contribution in [1.29, 1.82) is 0 Å². The van der Waals surface area contributed by atoms with Crippen LogP contribution in [0.15, 0.2) is 48.0 Å². The van der Waals surface area contributed by atoms with E-state index in [-0.39, 0.29) is 11.2 Å². The number of allylic oxidation sites excluding steroid dienone is 2. The molecule has 128 valence electrons. The molecule has 0 bridgehead atoms. The predicted octanol–water partition coefficient (Wildman–Crippen LogP) is 5.27. The largest absolute Gasteiger partial charge is 0.497 e. The number of halogens is 1. The Hall–Kier alpha value is -2.06. The molecule has 2 aliphatic rings. The van der Waals surface area contributed by atoms with Gasteiger partial charge in [-0.05, 0) is 78.3 Å². The van der Waals surface area contributed by atoms with Crippen LogP contribution in [0.2, 0.25) is 5.02 Å². The van der Waals surface area contributed by atoms with E-state index in [4.69, 9.17) is 16.3 Å². The van der Waals surface area contributed by atoms with Crippen LogP contribution in [0.5, 0.6) is 5.75 Å². The average Bonchev–Trinajstić information content (AvgIpc) is 2.94. The molecular formula is C22H21ClO2. The Morgan fingerprint density at radius 1 is 1.16 bits per heavy atom. The monoisotopic (exact) mass is 352 g/mol. The number of hydrogen-bond acceptors (Lipinski definition) is 2. The number of carbonyl (C=O) groups is 1. The summed E-state index contributed by atoms with van der Waals surface area (Å²) in [6.45, 7) is 1.99. The van der Waals surface area contributed by atoms with Crippen molar-refractivity contribution in [2.45, 2.75) is 32.6 Å². The molecule has 4 rings (SSSR count). The van der Waals surface area contributed by atoms with Gasteiger partial charge in [-0.2, -0.15) is 0 Å². The molecule has 0 radical (unpaired) electrons. The Morgan fingerprint density at radius 2 is 1.92 bits per heavy atom. The van der Waals surface area contributed by atoms with Crippen LogP contribution < -0.4 is 4.74 Å². The van der Waals surface area contributed by atoms with E-state index in [9.17, 15) is 4.79 Å².